The molecule has 56 valence electrons. The maximum atomic E-state index is 4.82. The molecule has 2 nitrogen and oxygen atoms in total. The van der Waals surface area contributed by atoms with Crippen molar-refractivity contribution in [1.29, 1.82) is 0 Å². The Hall–Kier alpha value is -0.340. The van der Waals surface area contributed by atoms with E-state index in [0.29, 0.717) is 0 Å². The zero-order valence-corrected chi connectivity index (χ0v) is 5.95. The van der Waals surface area contributed by atoms with Crippen LogP contribution in [0.2, 0.25) is 0 Å². The van der Waals surface area contributed by atoms with Gasteiger partial charge < -0.3 is 9.47 Å². The minimum atomic E-state index is 0.764. The number of rotatable bonds is 0. The van der Waals surface area contributed by atoms with Gasteiger partial charge in [0.15, 0.2) is 0 Å². The van der Waals surface area contributed by atoms with E-state index < -0.39 is 0 Å². The van der Waals surface area contributed by atoms with Crippen molar-refractivity contribution in [3.63, 3.8) is 0 Å². The highest BCUT2D eigenvalue weighted by molar-refractivity contribution is 4.94. The SMILES string of the molecule is [CH]1C=CCO1.[CH]1CCCO1. The Morgan fingerprint density at radius 1 is 1.20 bits per heavy atom. The van der Waals surface area contributed by atoms with Crippen molar-refractivity contribution in [2.45, 2.75) is 12.8 Å². The van der Waals surface area contributed by atoms with E-state index in [9.17, 15) is 0 Å². The molecule has 1 saturated heterocycles. The Labute approximate surface area is 61.8 Å². The summed E-state index contributed by atoms with van der Waals surface area (Å²) in [6.07, 6.45) is 6.22. The number of ether oxygens (including phenoxy) is 2. The van der Waals surface area contributed by atoms with Crippen LogP contribution in [0.25, 0.3) is 0 Å². The highest BCUT2D eigenvalue weighted by atomic mass is 16.5. The normalized spacial score (nSPS) is 22.4. The monoisotopic (exact) mass is 140 g/mol. The molecule has 1 fully saturated rings. The van der Waals surface area contributed by atoms with Gasteiger partial charge in [0, 0.05) is 6.61 Å². The summed E-state index contributed by atoms with van der Waals surface area (Å²) < 4.78 is 9.53. The largest absolute Gasteiger partial charge is 0.376 e. The summed E-state index contributed by atoms with van der Waals surface area (Å²) in [6, 6.07) is 0. The molecular formula is C8H12O2. The Bertz CT molecular complexity index is 81.8. The fraction of sp³-hybridized carbons (Fsp3) is 0.500. The highest BCUT2D eigenvalue weighted by Gasteiger charge is 1.95. The number of hydrogen-bond donors (Lipinski definition) is 0. The summed E-state index contributed by atoms with van der Waals surface area (Å²) in [5, 5.41) is 0. The molecule has 0 aromatic carbocycles. The lowest BCUT2D eigenvalue weighted by Gasteiger charge is -1.76. The minimum Gasteiger partial charge on any atom is -0.376 e. The molecule has 2 heterocycles. The lowest BCUT2D eigenvalue weighted by atomic mass is 10.4. The maximum absolute atomic E-state index is 4.82. The van der Waals surface area contributed by atoms with Gasteiger partial charge in [-0.2, -0.15) is 0 Å². The molecule has 0 atom stereocenters. The molecule has 0 spiro atoms. The van der Waals surface area contributed by atoms with Crippen LogP contribution >= 0.6 is 0 Å². The van der Waals surface area contributed by atoms with Crippen LogP contribution in [0, 0.1) is 13.2 Å². The molecule has 2 rings (SSSR count). The van der Waals surface area contributed by atoms with Crippen LogP contribution in [-0.4, -0.2) is 13.2 Å². The summed E-state index contributed by atoms with van der Waals surface area (Å²) in [6.45, 7) is 5.25. The van der Waals surface area contributed by atoms with Crippen molar-refractivity contribution in [3.05, 3.63) is 25.4 Å². The summed E-state index contributed by atoms with van der Waals surface area (Å²) >= 11 is 0. The first-order valence-electron chi connectivity index (χ1n) is 3.53. The standard InChI is InChI=1S/C4H7O.C4H5O/c2*1-2-4-5-3-1/h3H,1-2,4H2;1-3H,4H2. The van der Waals surface area contributed by atoms with Gasteiger partial charge in [-0.05, 0) is 12.8 Å². The van der Waals surface area contributed by atoms with Crippen LogP contribution in [0.5, 0.6) is 0 Å². The van der Waals surface area contributed by atoms with Gasteiger partial charge in [-0.15, -0.1) is 0 Å². The van der Waals surface area contributed by atoms with E-state index in [2.05, 4.69) is 0 Å². The van der Waals surface area contributed by atoms with E-state index in [0.717, 1.165) is 19.6 Å². The molecule has 0 aliphatic carbocycles. The van der Waals surface area contributed by atoms with Gasteiger partial charge in [0.2, 0.25) is 0 Å². The predicted octanol–water partition coefficient (Wildman–Crippen LogP) is 1.69. The van der Waals surface area contributed by atoms with Gasteiger partial charge in [-0.1, -0.05) is 12.2 Å². The fourth-order valence-corrected chi connectivity index (χ4v) is 0.694. The molecule has 2 aliphatic rings. The van der Waals surface area contributed by atoms with E-state index in [1.165, 1.54) is 6.42 Å². The summed E-state index contributed by atoms with van der Waals surface area (Å²) in [5.74, 6) is 0. The van der Waals surface area contributed by atoms with Crippen LogP contribution in [-0.2, 0) is 9.47 Å². The van der Waals surface area contributed by atoms with Crippen LogP contribution in [0.1, 0.15) is 12.8 Å². The molecule has 0 aromatic rings. The van der Waals surface area contributed by atoms with Crippen molar-refractivity contribution in [3.8, 4) is 0 Å². The van der Waals surface area contributed by atoms with Crippen molar-refractivity contribution < 1.29 is 9.47 Å². The molecule has 2 radical (unpaired) electrons. The van der Waals surface area contributed by atoms with Crippen molar-refractivity contribution in [2.24, 2.45) is 0 Å². The van der Waals surface area contributed by atoms with Gasteiger partial charge in [-0.3, -0.25) is 0 Å². The maximum Gasteiger partial charge on any atom is 0.106 e. The smallest absolute Gasteiger partial charge is 0.106 e. The lowest BCUT2D eigenvalue weighted by Crippen LogP contribution is -1.70. The third-order valence-electron chi connectivity index (χ3n) is 1.21. The molecule has 10 heavy (non-hydrogen) atoms. The molecule has 0 N–H and O–H groups in total. The highest BCUT2D eigenvalue weighted by Crippen LogP contribution is 2.03. The molecule has 0 unspecified atom stereocenters. The lowest BCUT2D eigenvalue weighted by molar-refractivity contribution is 0.254. The molecule has 0 saturated carbocycles. The topological polar surface area (TPSA) is 18.5 Å². The molecule has 0 aromatic heterocycles. The van der Waals surface area contributed by atoms with Gasteiger partial charge in [0.1, 0.15) is 6.61 Å². The van der Waals surface area contributed by atoms with Crippen molar-refractivity contribution in [2.75, 3.05) is 13.2 Å². The van der Waals surface area contributed by atoms with Gasteiger partial charge in [-0.25, -0.2) is 0 Å². The first-order valence-corrected chi connectivity index (χ1v) is 3.53. The van der Waals surface area contributed by atoms with Gasteiger partial charge in [0.25, 0.3) is 0 Å². The second kappa shape index (κ2) is 5.45. The molecule has 2 heteroatoms. The molecular weight excluding hydrogens is 128 g/mol. The van der Waals surface area contributed by atoms with Crippen LogP contribution in [0.3, 0.4) is 0 Å². The Morgan fingerprint density at radius 3 is 2.40 bits per heavy atom. The van der Waals surface area contributed by atoms with E-state index in [1.807, 2.05) is 18.8 Å². The number of hydrogen-bond acceptors (Lipinski definition) is 2. The van der Waals surface area contributed by atoms with E-state index >= 15 is 0 Å². The summed E-state index contributed by atoms with van der Waals surface area (Å²) in [7, 11) is 0. The van der Waals surface area contributed by atoms with Gasteiger partial charge >= 0.3 is 0 Å². The van der Waals surface area contributed by atoms with Crippen LogP contribution < -0.4 is 0 Å². The minimum absolute atomic E-state index is 0.764. The third kappa shape index (κ3) is 3.64. The second-order valence-corrected chi connectivity index (χ2v) is 2.08. The van der Waals surface area contributed by atoms with E-state index in [-0.39, 0.29) is 0 Å². The van der Waals surface area contributed by atoms with Crippen LogP contribution in [0.4, 0.5) is 0 Å². The quantitative estimate of drug-likeness (QED) is 0.509. The van der Waals surface area contributed by atoms with Crippen molar-refractivity contribution >= 4 is 0 Å². The van der Waals surface area contributed by atoms with E-state index in [4.69, 9.17) is 9.47 Å². The first-order chi connectivity index (χ1) is 5.00. The van der Waals surface area contributed by atoms with Crippen LogP contribution in [0.15, 0.2) is 12.2 Å². The third-order valence-corrected chi connectivity index (χ3v) is 1.21. The zero-order valence-electron chi connectivity index (χ0n) is 5.95. The summed E-state index contributed by atoms with van der Waals surface area (Å²) in [5.41, 5.74) is 0. The molecule has 0 amide bonds. The molecule has 0 bridgehead atoms. The van der Waals surface area contributed by atoms with Gasteiger partial charge in [0.05, 0.1) is 13.2 Å². The van der Waals surface area contributed by atoms with Crippen molar-refractivity contribution in [1.82, 2.24) is 0 Å². The fourth-order valence-electron chi connectivity index (χ4n) is 0.694. The zero-order chi connectivity index (χ0) is 7.07. The Kier molecular flexibility index (Phi) is 4.23. The first kappa shape index (κ1) is 7.76. The molecule has 2 aliphatic heterocycles. The second-order valence-electron chi connectivity index (χ2n) is 2.08. The summed E-state index contributed by atoms with van der Waals surface area (Å²) in [4.78, 5) is 0. The Balaban J connectivity index is 0.0000001000. The van der Waals surface area contributed by atoms with E-state index in [1.54, 1.807) is 6.61 Å². The average Bonchev–Trinajstić information content (AvgIpc) is 2.67. The average molecular weight is 140 g/mol. The predicted molar refractivity (Wildman–Crippen MR) is 38.9 cm³/mol. The Morgan fingerprint density at radius 2 is 2.20 bits per heavy atom.